The normalized spacial score (nSPS) is 19.5. The van der Waals surface area contributed by atoms with Crippen LogP contribution < -0.4 is 68.6 Å². The number of amides is 6. The maximum Gasteiger partial charge on any atom is 1.00 e. The number of nitrogens with zero attached hydrogens (tertiary/aromatic N) is 5. The van der Waals surface area contributed by atoms with Crippen LogP contribution >= 0.6 is 0 Å². The molecule has 12 rings (SSSR count). The van der Waals surface area contributed by atoms with Crippen molar-refractivity contribution in [3.8, 4) is 0 Å². The van der Waals surface area contributed by atoms with Gasteiger partial charge in [0.15, 0.2) is 28.7 Å². The van der Waals surface area contributed by atoms with Gasteiger partial charge in [0.05, 0.1) is 93.1 Å². The zero-order valence-electron chi connectivity index (χ0n) is 47.6. The van der Waals surface area contributed by atoms with Crippen LogP contribution in [-0.4, -0.2) is 142 Å². The molecule has 29 nitrogen and oxygen atoms in total. The Morgan fingerprint density at radius 3 is 1.01 bits per heavy atom. The molecule has 8 aliphatic rings. The first-order valence-electron chi connectivity index (χ1n) is 25.9. The van der Waals surface area contributed by atoms with Gasteiger partial charge in [0.1, 0.15) is 28.7 Å². The number of nitro groups is 2. The van der Waals surface area contributed by atoms with E-state index in [4.69, 9.17) is 17.2 Å². The third-order valence-electron chi connectivity index (χ3n) is 14.7. The Morgan fingerprint density at radius 1 is 0.409 bits per heavy atom. The number of anilines is 2. The Balaban J connectivity index is 0. The fraction of sp³-hybridized carbons (Fsp3) is 0.339. The fourth-order valence-electron chi connectivity index (χ4n) is 10.5. The molecule has 6 N–H and O–H groups in total. The zero-order valence-corrected chi connectivity index (χ0v) is 51.3. The number of rotatable bonds is 5. The van der Waals surface area contributed by atoms with Crippen LogP contribution in [0.3, 0.4) is 0 Å². The molecular weight excluding hydrogens is 1340 g/mol. The molecule has 4 heterocycles. The van der Waals surface area contributed by atoms with Crippen LogP contribution in [0.1, 0.15) is 198 Å². The second kappa shape index (κ2) is 34.9. The van der Waals surface area contributed by atoms with Gasteiger partial charge in [-0.05, 0) is 62.1 Å². The number of cyclic esters (lactones) is 2. The van der Waals surface area contributed by atoms with Gasteiger partial charge in [0.25, 0.3) is 46.8 Å². The molecule has 93 heavy (non-hydrogen) atoms. The van der Waals surface area contributed by atoms with Gasteiger partial charge in [0.2, 0.25) is 0 Å². The largest absolute Gasteiger partial charge is 1.00 e. The predicted molar refractivity (Wildman–Crippen MR) is 325 cm³/mol. The predicted octanol–water partition coefficient (Wildman–Crippen LogP) is 3.28. The van der Waals surface area contributed by atoms with Gasteiger partial charge in [-0.15, -0.1) is 0 Å². The molecule has 4 saturated carbocycles. The standard InChI is InChI=1S/C14H10N2O6.2C14H12N2O4.C8H3NO5.C6H9NO2.5CH4.CH3.K.Pd.H/c17-7-4-5-9(11(18)6-7)15-13(19)8-2-1-3-10(16(21)22)12(8)14(15)20;2*15-9-3-1-2-8-12(9)14(20)16(13(8)19)10-5-4-7(17)6-11(10)18;10-7-4-2-1-3-5(9(12)13)6(4)8(11)14-7;7-5-2-1-4(8)3-6(5)9;;;;;;;;;/h1-3,9H,4-6H2;2*1-3,10H,4-6,15H2;1-3H;5H,1-3,7H2;5*1H4;1H3;;;/q;;;;;;;;;;-1;+1;;-1/i;;;;;;;;;;;;;1+1. The van der Waals surface area contributed by atoms with E-state index in [9.17, 15) is 96.9 Å². The Kier molecular flexibility index (Phi) is 31.7. The third kappa shape index (κ3) is 17.2. The quantitative estimate of drug-likeness (QED) is 0.0377. The van der Waals surface area contributed by atoms with Crippen LogP contribution in [0.4, 0.5) is 22.7 Å². The van der Waals surface area contributed by atoms with Crippen LogP contribution in [0.5, 0.6) is 0 Å². The number of carbonyl (C=O) groups is 16. The Hall–Kier alpha value is -8.54. The summed E-state index contributed by atoms with van der Waals surface area (Å²) in [4.78, 5) is 210. The average molecular weight is 1410 g/mol. The van der Waals surface area contributed by atoms with Crippen LogP contribution in [0.15, 0.2) is 72.8 Å². The van der Waals surface area contributed by atoms with Gasteiger partial charge in [-0.1, -0.05) is 61.4 Å². The van der Waals surface area contributed by atoms with Crippen molar-refractivity contribution in [1.29, 1.82) is 0 Å². The van der Waals surface area contributed by atoms with Crippen molar-refractivity contribution in [3.63, 3.8) is 0 Å². The number of carbonyl (C=O) groups excluding carboxylic acids is 16. The first kappa shape index (κ1) is 84.5. The zero-order chi connectivity index (χ0) is 62.0. The molecule has 0 saturated heterocycles. The summed E-state index contributed by atoms with van der Waals surface area (Å²) in [6, 6.07) is 13.8. The maximum atomic E-state index is 12.4. The van der Waals surface area contributed by atoms with Crippen molar-refractivity contribution in [2.24, 2.45) is 5.73 Å². The number of ketones is 8. The van der Waals surface area contributed by atoms with E-state index in [1.54, 1.807) is 24.3 Å². The molecule has 4 aromatic carbocycles. The second-order valence-corrected chi connectivity index (χ2v) is 20.1. The number of Topliss-reactive ketones (excluding diaryl/α,β-unsaturated/α-hetero) is 8. The van der Waals surface area contributed by atoms with Crippen LogP contribution in [0.25, 0.3) is 0 Å². The van der Waals surface area contributed by atoms with Crippen LogP contribution in [-0.2, 0) is 63.5 Å². The summed E-state index contributed by atoms with van der Waals surface area (Å²) in [7, 11) is 0. The first-order valence-corrected chi connectivity index (χ1v) is 25.9. The van der Waals surface area contributed by atoms with Crippen molar-refractivity contribution in [2.45, 2.75) is 138 Å². The van der Waals surface area contributed by atoms with Crippen molar-refractivity contribution in [3.05, 3.63) is 145 Å². The van der Waals surface area contributed by atoms with Crippen molar-refractivity contribution in [2.75, 3.05) is 11.5 Å². The summed E-state index contributed by atoms with van der Waals surface area (Å²) in [5, 5.41) is 21.5. The number of ether oxygens (including phenoxy) is 1. The van der Waals surface area contributed by atoms with E-state index in [1.807, 2.05) is 0 Å². The number of imide groups is 3. The summed E-state index contributed by atoms with van der Waals surface area (Å²) in [6.07, 6.45) is 1.31. The van der Waals surface area contributed by atoms with E-state index in [2.05, 4.69) is 4.74 Å². The molecule has 0 radical (unpaired) electrons. The fourth-order valence-corrected chi connectivity index (χ4v) is 10.5. The van der Waals surface area contributed by atoms with E-state index >= 15 is 0 Å². The molecule has 496 valence electrons. The van der Waals surface area contributed by atoms with Gasteiger partial charge in [-0.2, -0.15) is 0 Å². The minimum atomic E-state index is -1.02. The van der Waals surface area contributed by atoms with Gasteiger partial charge >= 0.3 is 63.3 Å². The van der Waals surface area contributed by atoms with Crippen LogP contribution in [0.2, 0.25) is 0 Å². The third-order valence-corrected chi connectivity index (χ3v) is 14.7. The number of nitro benzene ring substituents is 2. The van der Waals surface area contributed by atoms with E-state index in [-0.39, 0.29) is 284 Å². The van der Waals surface area contributed by atoms with Crippen molar-refractivity contribution < 1.29 is 165 Å². The van der Waals surface area contributed by atoms with Crippen molar-refractivity contribution in [1.82, 2.24) is 14.7 Å². The molecule has 0 bridgehead atoms. The molecule has 31 heteroatoms. The Labute approximate surface area is 591 Å². The van der Waals surface area contributed by atoms with Gasteiger partial charge < -0.3 is 30.8 Å². The van der Waals surface area contributed by atoms with Crippen molar-refractivity contribution >= 4 is 116 Å². The number of hydrogen-bond donors (Lipinski definition) is 3. The Bertz CT molecular complexity index is 3690. The van der Waals surface area contributed by atoms with E-state index in [1.165, 1.54) is 36.4 Å². The van der Waals surface area contributed by atoms with E-state index in [0.717, 1.165) is 26.8 Å². The summed E-state index contributed by atoms with van der Waals surface area (Å²) in [5.74, 6) is -7.36. The van der Waals surface area contributed by atoms with Gasteiger partial charge in [-0.25, -0.2) is 9.59 Å². The van der Waals surface area contributed by atoms with E-state index < -0.39 is 92.5 Å². The summed E-state index contributed by atoms with van der Waals surface area (Å²) in [5.41, 5.74) is 16.5. The molecule has 4 aliphatic carbocycles. The molecule has 6 amide bonds. The summed E-state index contributed by atoms with van der Waals surface area (Å²) in [6.45, 7) is 0. The summed E-state index contributed by atoms with van der Waals surface area (Å²) >= 11 is 0. The topological polar surface area (TPSA) is 456 Å². The number of nitrogen functional groups attached to an aromatic ring is 2. The van der Waals surface area contributed by atoms with E-state index in [0.29, 0.717) is 12.8 Å². The smallest absolute Gasteiger partial charge is 1.00 e. The number of nitrogens with two attached hydrogens (primary N) is 3. The number of hydrogen-bond acceptors (Lipinski definition) is 24. The minimum absolute atomic E-state index is 0. The molecule has 4 fully saturated rings. The number of benzene rings is 4. The molecular formula is C62H70KN8O21Pd-. The molecule has 4 atom stereocenters. The molecule has 4 unspecified atom stereocenters. The molecule has 0 aromatic heterocycles. The maximum absolute atomic E-state index is 12.4. The Morgan fingerprint density at radius 2 is 0.699 bits per heavy atom. The second-order valence-electron chi connectivity index (χ2n) is 20.1. The molecule has 4 aromatic rings. The van der Waals surface area contributed by atoms with Crippen LogP contribution in [0, 0.1) is 27.7 Å². The molecule has 4 aliphatic heterocycles. The SMILES string of the molecule is C.C.C.C.C.NC1CCC(=O)CC1=O.Nc1cccc2c1C(=O)N(C1CCC(=O)CC1=O)C2=O.Nc1cccc2c1C(=O)N(C1CCC(=O)CC1=O)C2=O.O=C1CCC(N2C(=O)c3cccc([N+](=O)[O-])c3C2=O)C(=O)C1.O=C1OC(=O)c2c1cccc2[N+](=O)[O-].[2H-].[CH3-].[K+].[Pd]. The average Bonchev–Trinajstić information content (AvgIpc) is 1.63. The van der Waals surface area contributed by atoms with Gasteiger partial charge in [0, 0.05) is 69.6 Å². The number of fused-ring (bicyclic) bond motifs is 4. The summed E-state index contributed by atoms with van der Waals surface area (Å²) < 4.78 is 4.24. The monoisotopic (exact) mass is 1410 g/mol. The minimum Gasteiger partial charge on any atom is -1.00 e. The van der Waals surface area contributed by atoms with Gasteiger partial charge in [-0.3, -0.25) is 102 Å². The first-order chi connectivity index (χ1) is 40.2. The number of esters is 2. The molecule has 0 spiro atoms.